The lowest BCUT2D eigenvalue weighted by Gasteiger charge is -2.33. The van der Waals surface area contributed by atoms with Crippen LogP contribution in [0.1, 0.15) is 47.3 Å². The number of carbonyl (C=O) groups is 1. The van der Waals surface area contributed by atoms with Gasteiger partial charge in [-0.2, -0.15) is 0 Å². The van der Waals surface area contributed by atoms with Gasteiger partial charge in [-0.3, -0.25) is 24.0 Å². The zero-order valence-corrected chi connectivity index (χ0v) is 19.3. The standard InChI is InChI=1S/C25H29N5O4/c1-2-30-22-21(24(32)28-25(30)33)19(12-20(27-22)17-8-9-17)23(31)26-13-18-15-29(10-11-34-18)14-16-6-4-3-5-7-16/h3-7,12,17-18H,2,8-11,13-15H2,1H3,(H,26,31)(H,28,32,33). The molecule has 1 unspecified atom stereocenters. The minimum atomic E-state index is -0.590. The number of carbonyl (C=O) groups excluding carboxylic acids is 1. The van der Waals surface area contributed by atoms with Gasteiger partial charge in [0, 0.05) is 44.3 Å². The minimum Gasteiger partial charge on any atom is -0.374 e. The van der Waals surface area contributed by atoms with E-state index in [0.717, 1.165) is 31.6 Å². The van der Waals surface area contributed by atoms with Gasteiger partial charge in [-0.25, -0.2) is 9.78 Å². The summed E-state index contributed by atoms with van der Waals surface area (Å²) in [4.78, 5) is 47.5. The number of nitrogens with one attached hydrogen (secondary N) is 2. The number of nitrogens with zero attached hydrogens (tertiary/aromatic N) is 3. The summed E-state index contributed by atoms with van der Waals surface area (Å²) in [6.45, 7) is 5.46. The maximum atomic E-state index is 13.3. The molecule has 9 nitrogen and oxygen atoms in total. The van der Waals surface area contributed by atoms with E-state index in [4.69, 9.17) is 4.74 Å². The van der Waals surface area contributed by atoms with Gasteiger partial charge in [0.15, 0.2) is 5.65 Å². The number of ether oxygens (including phenoxy) is 1. The maximum absolute atomic E-state index is 13.3. The predicted octanol–water partition coefficient (Wildman–Crippen LogP) is 1.61. The first-order chi connectivity index (χ1) is 16.5. The smallest absolute Gasteiger partial charge is 0.329 e. The molecule has 1 aromatic carbocycles. The second-order valence-electron chi connectivity index (χ2n) is 8.99. The molecule has 1 saturated carbocycles. The summed E-state index contributed by atoms with van der Waals surface area (Å²) in [5.41, 5.74) is 1.42. The Morgan fingerprint density at radius 3 is 2.76 bits per heavy atom. The first-order valence-corrected chi connectivity index (χ1v) is 11.9. The number of aryl methyl sites for hydroxylation is 1. The third kappa shape index (κ3) is 4.67. The van der Waals surface area contributed by atoms with Gasteiger partial charge in [0.05, 0.1) is 23.7 Å². The van der Waals surface area contributed by atoms with E-state index in [2.05, 4.69) is 32.3 Å². The van der Waals surface area contributed by atoms with Crippen LogP contribution in [0.15, 0.2) is 46.0 Å². The van der Waals surface area contributed by atoms with E-state index < -0.39 is 11.2 Å². The van der Waals surface area contributed by atoms with Crippen molar-refractivity contribution < 1.29 is 9.53 Å². The summed E-state index contributed by atoms with van der Waals surface area (Å²) in [6, 6.07) is 12.0. The summed E-state index contributed by atoms with van der Waals surface area (Å²) in [6.07, 6.45) is 1.84. The number of morpholine rings is 1. The minimum absolute atomic E-state index is 0.149. The van der Waals surface area contributed by atoms with Crippen LogP contribution >= 0.6 is 0 Å². The van der Waals surface area contributed by atoms with E-state index in [1.165, 1.54) is 10.1 Å². The fourth-order valence-electron chi connectivity index (χ4n) is 4.55. The first kappa shape index (κ1) is 22.5. The highest BCUT2D eigenvalue weighted by Crippen LogP contribution is 2.39. The normalized spacial score (nSPS) is 18.8. The molecule has 2 N–H and O–H groups in total. The van der Waals surface area contributed by atoms with E-state index in [1.54, 1.807) is 6.07 Å². The van der Waals surface area contributed by atoms with Crippen LogP contribution in [0, 0.1) is 0 Å². The average Bonchev–Trinajstić information content (AvgIpc) is 3.68. The summed E-state index contributed by atoms with van der Waals surface area (Å²) < 4.78 is 7.29. The fourth-order valence-corrected chi connectivity index (χ4v) is 4.55. The molecule has 2 aliphatic rings. The number of aromatic nitrogens is 3. The lowest BCUT2D eigenvalue weighted by Crippen LogP contribution is -2.47. The highest BCUT2D eigenvalue weighted by Gasteiger charge is 2.29. The number of fused-ring (bicyclic) bond motifs is 1. The fraction of sp³-hybridized carbons (Fsp3) is 0.440. The number of rotatable bonds is 7. The Bertz CT molecular complexity index is 1310. The van der Waals surface area contributed by atoms with E-state index in [9.17, 15) is 14.4 Å². The Labute approximate surface area is 196 Å². The number of benzene rings is 1. The van der Waals surface area contributed by atoms with Crippen molar-refractivity contribution in [2.75, 3.05) is 26.2 Å². The molecule has 178 valence electrons. The van der Waals surface area contributed by atoms with Crippen LogP contribution in [0.25, 0.3) is 11.0 Å². The van der Waals surface area contributed by atoms with Crippen LogP contribution in [0.3, 0.4) is 0 Å². The largest absolute Gasteiger partial charge is 0.374 e. The lowest BCUT2D eigenvalue weighted by molar-refractivity contribution is -0.0292. The Hall–Kier alpha value is -3.30. The predicted molar refractivity (Wildman–Crippen MR) is 128 cm³/mol. The molecule has 5 rings (SSSR count). The van der Waals surface area contributed by atoms with Crippen LogP contribution in [0.2, 0.25) is 0 Å². The second-order valence-corrected chi connectivity index (χ2v) is 8.99. The molecular weight excluding hydrogens is 434 g/mol. The zero-order chi connectivity index (χ0) is 23.7. The number of aromatic amines is 1. The third-order valence-corrected chi connectivity index (χ3v) is 6.49. The van der Waals surface area contributed by atoms with Crippen LogP contribution in [-0.4, -0.2) is 57.7 Å². The molecule has 0 radical (unpaired) electrons. The van der Waals surface area contributed by atoms with Gasteiger partial charge >= 0.3 is 5.69 Å². The van der Waals surface area contributed by atoms with Crippen molar-refractivity contribution >= 4 is 16.9 Å². The van der Waals surface area contributed by atoms with Crippen molar-refractivity contribution in [3.63, 3.8) is 0 Å². The lowest BCUT2D eigenvalue weighted by atomic mass is 10.1. The van der Waals surface area contributed by atoms with E-state index >= 15 is 0 Å². The monoisotopic (exact) mass is 463 g/mol. The zero-order valence-electron chi connectivity index (χ0n) is 19.3. The van der Waals surface area contributed by atoms with Crippen LogP contribution in [0.5, 0.6) is 0 Å². The second kappa shape index (κ2) is 9.52. The Morgan fingerprint density at radius 2 is 2.03 bits per heavy atom. The molecule has 3 aromatic rings. The van der Waals surface area contributed by atoms with Gasteiger partial charge in [0.25, 0.3) is 11.5 Å². The summed E-state index contributed by atoms with van der Waals surface area (Å²) in [7, 11) is 0. The van der Waals surface area contributed by atoms with E-state index in [-0.39, 0.29) is 34.5 Å². The molecule has 2 aromatic heterocycles. The molecule has 1 amide bonds. The molecular formula is C25H29N5O4. The van der Waals surface area contributed by atoms with Gasteiger partial charge in [-0.1, -0.05) is 30.3 Å². The number of H-pyrrole nitrogens is 1. The maximum Gasteiger partial charge on any atom is 0.329 e. The molecule has 1 aliphatic heterocycles. The third-order valence-electron chi connectivity index (χ3n) is 6.49. The molecule has 1 saturated heterocycles. The number of pyridine rings is 1. The van der Waals surface area contributed by atoms with E-state index in [1.807, 2.05) is 25.1 Å². The molecule has 1 atom stereocenters. The highest BCUT2D eigenvalue weighted by molar-refractivity contribution is 6.05. The van der Waals surface area contributed by atoms with Crippen molar-refractivity contribution in [1.29, 1.82) is 0 Å². The molecule has 2 fully saturated rings. The summed E-state index contributed by atoms with van der Waals surface area (Å²) in [5.74, 6) is -0.0891. The van der Waals surface area contributed by atoms with Gasteiger partial charge < -0.3 is 10.1 Å². The van der Waals surface area contributed by atoms with Gasteiger partial charge in [0.1, 0.15) is 0 Å². The molecule has 1 aliphatic carbocycles. The highest BCUT2D eigenvalue weighted by atomic mass is 16.5. The molecule has 3 heterocycles. The van der Waals surface area contributed by atoms with Crippen molar-refractivity contribution in [2.45, 2.75) is 44.9 Å². The number of hydrogen-bond donors (Lipinski definition) is 2. The van der Waals surface area contributed by atoms with Crippen molar-refractivity contribution in [1.82, 2.24) is 24.8 Å². The molecule has 0 spiro atoms. The van der Waals surface area contributed by atoms with Crippen molar-refractivity contribution in [2.24, 2.45) is 0 Å². The Balaban J connectivity index is 1.35. The van der Waals surface area contributed by atoms with Crippen LogP contribution in [-0.2, 0) is 17.8 Å². The quantitative estimate of drug-likeness (QED) is 0.551. The Morgan fingerprint density at radius 1 is 1.24 bits per heavy atom. The molecule has 0 bridgehead atoms. The van der Waals surface area contributed by atoms with Crippen LogP contribution in [0.4, 0.5) is 0 Å². The number of hydrogen-bond acceptors (Lipinski definition) is 6. The first-order valence-electron chi connectivity index (χ1n) is 11.9. The van der Waals surface area contributed by atoms with Gasteiger partial charge in [-0.15, -0.1) is 0 Å². The Kier molecular flexibility index (Phi) is 6.30. The topological polar surface area (TPSA) is 109 Å². The average molecular weight is 464 g/mol. The van der Waals surface area contributed by atoms with Gasteiger partial charge in [0.2, 0.25) is 0 Å². The molecule has 9 heteroatoms. The SMILES string of the molecule is CCn1c(=O)[nH]c(=O)c2c(C(=O)NCC3CN(Cc4ccccc4)CCO3)cc(C3CC3)nc21. The summed E-state index contributed by atoms with van der Waals surface area (Å²) in [5, 5.41) is 3.10. The molecule has 34 heavy (non-hydrogen) atoms. The van der Waals surface area contributed by atoms with E-state index in [0.29, 0.717) is 26.2 Å². The number of amides is 1. The van der Waals surface area contributed by atoms with Crippen molar-refractivity contribution in [3.05, 3.63) is 74.1 Å². The summed E-state index contributed by atoms with van der Waals surface area (Å²) >= 11 is 0. The van der Waals surface area contributed by atoms with Crippen LogP contribution < -0.4 is 16.6 Å². The van der Waals surface area contributed by atoms with Crippen molar-refractivity contribution in [3.8, 4) is 0 Å². The van der Waals surface area contributed by atoms with Gasteiger partial charge in [-0.05, 0) is 31.4 Å².